The van der Waals surface area contributed by atoms with E-state index in [-0.39, 0.29) is 7.43 Å². The molecule has 4 N–H and O–H groups in total. The molecule has 2 heteroatoms. The summed E-state index contributed by atoms with van der Waals surface area (Å²) in [6.45, 7) is 2.14. The van der Waals surface area contributed by atoms with Crippen molar-refractivity contribution in [1.29, 1.82) is 0 Å². The number of hydrogen-bond donors (Lipinski definition) is 2. The fourth-order valence-electron chi connectivity index (χ4n) is 2.18. The maximum Gasteiger partial charge on any atom is 0.0346 e. The predicted molar refractivity (Wildman–Crippen MR) is 80.3 cm³/mol. The minimum absolute atomic E-state index is 0. The Morgan fingerprint density at radius 1 is 1.11 bits per heavy atom. The van der Waals surface area contributed by atoms with Crippen LogP contribution in [0.25, 0.3) is 0 Å². The number of benzene rings is 1. The Morgan fingerprint density at radius 2 is 1.89 bits per heavy atom. The van der Waals surface area contributed by atoms with Crippen LogP contribution >= 0.6 is 0 Å². The Kier molecular flexibility index (Phi) is 5.02. The lowest BCUT2D eigenvalue weighted by Crippen LogP contribution is -2.03. The second-order valence-corrected chi connectivity index (χ2v) is 4.63. The van der Waals surface area contributed by atoms with Gasteiger partial charge >= 0.3 is 0 Å². The summed E-state index contributed by atoms with van der Waals surface area (Å²) >= 11 is 0. The van der Waals surface area contributed by atoms with Gasteiger partial charge in [0, 0.05) is 11.4 Å². The Bertz CT molecular complexity index is 470. The molecule has 18 heavy (non-hydrogen) atoms. The van der Waals surface area contributed by atoms with Crippen molar-refractivity contribution in [3.63, 3.8) is 0 Å². The molecule has 0 saturated carbocycles. The molecular weight excluding hydrogens is 220 g/mol. The van der Waals surface area contributed by atoms with Crippen LogP contribution in [0.5, 0.6) is 0 Å². The zero-order valence-corrected chi connectivity index (χ0v) is 10.4. The third-order valence-corrected chi connectivity index (χ3v) is 3.29. The number of rotatable bonds is 3. The van der Waals surface area contributed by atoms with E-state index in [0.29, 0.717) is 0 Å². The third-order valence-electron chi connectivity index (χ3n) is 3.29. The van der Waals surface area contributed by atoms with E-state index in [1.165, 1.54) is 16.7 Å². The first-order valence-corrected chi connectivity index (χ1v) is 6.20. The number of hydrogen-bond acceptors (Lipinski definition) is 2. The number of aryl methyl sites for hydroxylation is 1. The fourth-order valence-corrected chi connectivity index (χ4v) is 2.18. The van der Waals surface area contributed by atoms with E-state index in [9.17, 15) is 0 Å². The van der Waals surface area contributed by atoms with E-state index >= 15 is 0 Å². The van der Waals surface area contributed by atoms with Crippen LogP contribution in [0, 0.1) is 0 Å². The maximum atomic E-state index is 5.91. The standard InChI is InChI=1S/C15H20N2.CH4/c1-2-13-10-12(5-8-15(13)17)9-11-3-6-14(16)7-4-11;/h3,5-6,8,10H,2,4,7,9,16-17H2,1H3;1H4. The summed E-state index contributed by atoms with van der Waals surface area (Å²) in [4.78, 5) is 0. The van der Waals surface area contributed by atoms with Crippen LogP contribution in [0.3, 0.4) is 0 Å². The normalized spacial score (nSPS) is 14.5. The molecule has 0 amide bonds. The first-order valence-electron chi connectivity index (χ1n) is 6.20. The molecule has 0 radical (unpaired) electrons. The van der Waals surface area contributed by atoms with Crippen molar-refractivity contribution in [2.45, 2.75) is 40.0 Å². The van der Waals surface area contributed by atoms with Crippen molar-refractivity contribution in [1.82, 2.24) is 0 Å². The molecule has 2 rings (SSSR count). The van der Waals surface area contributed by atoms with Crippen molar-refractivity contribution in [3.8, 4) is 0 Å². The van der Waals surface area contributed by atoms with E-state index in [4.69, 9.17) is 11.5 Å². The minimum Gasteiger partial charge on any atom is -0.402 e. The van der Waals surface area contributed by atoms with E-state index in [0.717, 1.165) is 37.1 Å². The second-order valence-electron chi connectivity index (χ2n) is 4.63. The molecule has 0 heterocycles. The predicted octanol–water partition coefficient (Wildman–Crippen LogP) is 3.57. The summed E-state index contributed by atoms with van der Waals surface area (Å²) < 4.78 is 0. The Hall–Kier alpha value is -1.70. The lowest BCUT2D eigenvalue weighted by atomic mass is 9.95. The molecule has 0 bridgehead atoms. The highest BCUT2D eigenvalue weighted by Crippen LogP contribution is 2.22. The highest BCUT2D eigenvalue weighted by atomic mass is 14.6. The molecule has 1 aliphatic carbocycles. The topological polar surface area (TPSA) is 52.0 Å². The van der Waals surface area contributed by atoms with Gasteiger partial charge in [-0.3, -0.25) is 0 Å². The van der Waals surface area contributed by atoms with Crippen molar-refractivity contribution < 1.29 is 0 Å². The van der Waals surface area contributed by atoms with Crippen molar-refractivity contribution in [2.75, 3.05) is 5.73 Å². The molecule has 0 unspecified atom stereocenters. The Morgan fingerprint density at radius 3 is 2.50 bits per heavy atom. The molecule has 1 aliphatic rings. The minimum atomic E-state index is 0. The molecule has 0 aromatic heterocycles. The first-order chi connectivity index (χ1) is 8.19. The third kappa shape index (κ3) is 3.39. The largest absolute Gasteiger partial charge is 0.402 e. The zero-order valence-electron chi connectivity index (χ0n) is 10.4. The molecule has 0 atom stereocenters. The molecule has 1 aromatic rings. The molecule has 0 fully saturated rings. The summed E-state index contributed by atoms with van der Waals surface area (Å²) in [6.07, 6.45) is 8.25. The molecule has 0 spiro atoms. The van der Waals surface area contributed by atoms with Gasteiger partial charge in [-0.05, 0) is 49.0 Å². The van der Waals surface area contributed by atoms with E-state index in [1.807, 2.05) is 12.1 Å². The SMILES string of the molecule is C.CCc1cc(CC2=CC=C(N)CC2)ccc1N. The molecule has 2 nitrogen and oxygen atoms in total. The summed E-state index contributed by atoms with van der Waals surface area (Å²) in [6, 6.07) is 6.36. The summed E-state index contributed by atoms with van der Waals surface area (Å²) in [5, 5.41) is 0. The van der Waals surface area contributed by atoms with Crippen LogP contribution in [0.2, 0.25) is 0 Å². The van der Waals surface area contributed by atoms with Gasteiger partial charge in [-0.15, -0.1) is 0 Å². The van der Waals surface area contributed by atoms with Crippen molar-refractivity contribution in [2.24, 2.45) is 5.73 Å². The number of nitrogen functional groups attached to an aromatic ring is 1. The van der Waals surface area contributed by atoms with Crippen LogP contribution in [-0.2, 0) is 12.8 Å². The van der Waals surface area contributed by atoms with Crippen LogP contribution < -0.4 is 11.5 Å². The summed E-state index contributed by atoms with van der Waals surface area (Å²) in [5.74, 6) is 0. The molecule has 98 valence electrons. The Labute approximate surface area is 110 Å². The van der Waals surface area contributed by atoms with Crippen LogP contribution in [0.1, 0.15) is 38.3 Å². The van der Waals surface area contributed by atoms with Gasteiger partial charge in [0.1, 0.15) is 0 Å². The highest BCUT2D eigenvalue weighted by Gasteiger charge is 2.06. The smallest absolute Gasteiger partial charge is 0.0346 e. The van der Waals surface area contributed by atoms with Crippen LogP contribution in [-0.4, -0.2) is 0 Å². The first kappa shape index (κ1) is 14.4. The lowest BCUT2D eigenvalue weighted by Gasteiger charge is -2.13. The van der Waals surface area contributed by atoms with Gasteiger partial charge in [-0.1, -0.05) is 38.1 Å². The van der Waals surface area contributed by atoms with E-state index < -0.39 is 0 Å². The van der Waals surface area contributed by atoms with Gasteiger partial charge in [-0.2, -0.15) is 0 Å². The fraction of sp³-hybridized carbons (Fsp3) is 0.375. The van der Waals surface area contributed by atoms with E-state index in [1.54, 1.807) is 0 Å². The number of allylic oxidation sites excluding steroid dienone is 4. The lowest BCUT2D eigenvalue weighted by molar-refractivity contribution is 0.859. The summed E-state index contributed by atoms with van der Waals surface area (Å²) in [7, 11) is 0. The summed E-state index contributed by atoms with van der Waals surface area (Å²) in [5.41, 5.74) is 17.6. The molecular formula is C16H24N2. The van der Waals surface area contributed by atoms with Gasteiger partial charge in [0.05, 0.1) is 0 Å². The van der Waals surface area contributed by atoms with Gasteiger partial charge in [0.15, 0.2) is 0 Å². The highest BCUT2D eigenvalue weighted by molar-refractivity contribution is 5.49. The molecule has 0 aliphatic heterocycles. The average Bonchev–Trinajstić information content (AvgIpc) is 2.34. The molecule has 0 saturated heterocycles. The van der Waals surface area contributed by atoms with E-state index in [2.05, 4.69) is 25.1 Å². The van der Waals surface area contributed by atoms with Gasteiger partial charge in [0.2, 0.25) is 0 Å². The maximum absolute atomic E-state index is 5.91. The quantitative estimate of drug-likeness (QED) is 0.799. The number of anilines is 1. The Balaban J connectivity index is 0.00000162. The monoisotopic (exact) mass is 244 g/mol. The van der Waals surface area contributed by atoms with Crippen LogP contribution in [0.15, 0.2) is 41.6 Å². The average molecular weight is 244 g/mol. The zero-order chi connectivity index (χ0) is 12.3. The van der Waals surface area contributed by atoms with Crippen molar-refractivity contribution in [3.05, 3.63) is 52.7 Å². The van der Waals surface area contributed by atoms with Crippen molar-refractivity contribution >= 4 is 5.69 Å². The molecule has 1 aromatic carbocycles. The second kappa shape index (κ2) is 6.29. The van der Waals surface area contributed by atoms with Gasteiger partial charge in [-0.25, -0.2) is 0 Å². The van der Waals surface area contributed by atoms with Gasteiger partial charge in [0.25, 0.3) is 0 Å². The van der Waals surface area contributed by atoms with Crippen LogP contribution in [0.4, 0.5) is 5.69 Å². The number of nitrogens with two attached hydrogens (primary N) is 2. The van der Waals surface area contributed by atoms with Gasteiger partial charge < -0.3 is 11.5 Å².